The Morgan fingerprint density at radius 3 is 2.83 bits per heavy atom. The third-order valence-electron chi connectivity index (χ3n) is 1.49. The third kappa shape index (κ3) is 3.92. The number of rotatable bonds is 6. The maximum atomic E-state index is 10.7. The zero-order chi connectivity index (χ0) is 9.40. The molecule has 0 radical (unpaired) electrons. The van der Waals surface area contributed by atoms with E-state index in [1.165, 1.54) is 0 Å². The van der Waals surface area contributed by atoms with Crippen LogP contribution in [-0.2, 0) is 14.5 Å². The van der Waals surface area contributed by atoms with Crippen molar-refractivity contribution >= 4 is 12.4 Å². The van der Waals surface area contributed by atoms with Gasteiger partial charge in [0.05, 0.1) is 0 Å². The van der Waals surface area contributed by atoms with Crippen molar-refractivity contribution in [1.29, 1.82) is 0 Å². The van der Waals surface area contributed by atoms with Crippen LogP contribution in [0.25, 0.3) is 0 Å². The molecule has 0 aliphatic carbocycles. The molecule has 1 amide bonds. The van der Waals surface area contributed by atoms with E-state index in [1.807, 2.05) is 6.92 Å². The number of carbonyl (C=O) groups excluding carboxylic acids is 2. The largest absolute Gasteiger partial charge is 0.364 e. The number of carbonyl (C=O) groups is 2. The highest BCUT2D eigenvalue weighted by Gasteiger charge is 2.18. The van der Waals surface area contributed by atoms with E-state index >= 15 is 0 Å². The predicted molar refractivity (Wildman–Crippen MR) is 41.2 cm³/mol. The number of amides is 1. The maximum Gasteiger partial charge on any atom is 0.364 e. The lowest BCUT2D eigenvalue weighted by atomic mass is 10.1. The molecule has 0 fully saturated rings. The first-order valence-electron chi connectivity index (χ1n) is 3.81. The zero-order valence-electron chi connectivity index (χ0n) is 6.95. The van der Waals surface area contributed by atoms with Gasteiger partial charge in [0.25, 0.3) is 0 Å². The summed E-state index contributed by atoms with van der Waals surface area (Å²) in [6, 6.07) is -0.729. The summed E-state index contributed by atoms with van der Waals surface area (Å²) in [4.78, 5) is 24.2. The molecule has 0 saturated heterocycles. The fourth-order valence-electron chi connectivity index (χ4n) is 0.823. The summed E-state index contributed by atoms with van der Waals surface area (Å²) in [7, 11) is 0. The van der Waals surface area contributed by atoms with Crippen molar-refractivity contribution in [3.63, 3.8) is 0 Å². The lowest BCUT2D eigenvalue weighted by Crippen LogP contribution is -2.36. The molecule has 0 spiro atoms. The standard InChI is InChI=1S/C7H13NO4/c1-2-3-4-6(8-5-9)7(10)12-11/h5-6,11H,2-4H2,1H3,(H,8,9). The van der Waals surface area contributed by atoms with Crippen LogP contribution in [0.1, 0.15) is 26.2 Å². The molecule has 0 bridgehead atoms. The van der Waals surface area contributed by atoms with E-state index in [0.29, 0.717) is 12.8 Å². The van der Waals surface area contributed by atoms with Gasteiger partial charge in [0.2, 0.25) is 6.41 Å². The molecule has 1 atom stereocenters. The SMILES string of the molecule is CCCCC(NC=O)C(=O)OO. The number of hydrogen-bond donors (Lipinski definition) is 2. The van der Waals surface area contributed by atoms with Crippen LogP contribution in [0.4, 0.5) is 0 Å². The van der Waals surface area contributed by atoms with E-state index < -0.39 is 12.0 Å². The lowest BCUT2D eigenvalue weighted by Gasteiger charge is -2.10. The van der Waals surface area contributed by atoms with Gasteiger partial charge in [-0.05, 0) is 6.42 Å². The van der Waals surface area contributed by atoms with Gasteiger partial charge in [-0.2, -0.15) is 5.26 Å². The Balaban J connectivity index is 3.84. The Morgan fingerprint density at radius 2 is 2.42 bits per heavy atom. The van der Waals surface area contributed by atoms with Gasteiger partial charge in [-0.1, -0.05) is 19.8 Å². The van der Waals surface area contributed by atoms with Crippen LogP contribution in [0.15, 0.2) is 0 Å². The van der Waals surface area contributed by atoms with Crippen molar-refractivity contribution < 1.29 is 19.7 Å². The second-order valence-electron chi connectivity index (χ2n) is 2.39. The third-order valence-corrected chi connectivity index (χ3v) is 1.49. The molecule has 0 aromatic heterocycles. The smallest absolute Gasteiger partial charge is 0.345 e. The molecule has 0 aromatic carbocycles. The highest BCUT2D eigenvalue weighted by Crippen LogP contribution is 2.01. The normalized spacial score (nSPS) is 11.8. The van der Waals surface area contributed by atoms with Gasteiger partial charge in [-0.15, -0.1) is 0 Å². The van der Waals surface area contributed by atoms with Crippen LogP contribution in [0.5, 0.6) is 0 Å². The van der Waals surface area contributed by atoms with E-state index in [4.69, 9.17) is 5.26 Å². The van der Waals surface area contributed by atoms with Gasteiger partial charge >= 0.3 is 5.97 Å². The van der Waals surface area contributed by atoms with Gasteiger partial charge in [0.1, 0.15) is 6.04 Å². The molecule has 70 valence electrons. The van der Waals surface area contributed by atoms with Gasteiger partial charge in [-0.3, -0.25) is 9.68 Å². The van der Waals surface area contributed by atoms with E-state index in [1.54, 1.807) is 0 Å². The highest BCUT2D eigenvalue weighted by molar-refractivity contribution is 5.77. The monoisotopic (exact) mass is 175 g/mol. The fraction of sp³-hybridized carbons (Fsp3) is 0.714. The molecule has 2 N–H and O–H groups in total. The Kier molecular flexibility index (Phi) is 6.00. The summed E-state index contributed by atoms with van der Waals surface area (Å²) < 4.78 is 0. The first-order valence-corrected chi connectivity index (χ1v) is 3.81. The Labute approximate surface area is 70.6 Å². The van der Waals surface area contributed by atoms with Crippen molar-refractivity contribution in [1.82, 2.24) is 5.32 Å². The maximum absolute atomic E-state index is 10.7. The van der Waals surface area contributed by atoms with Gasteiger partial charge in [-0.25, -0.2) is 4.79 Å². The number of hydrogen-bond acceptors (Lipinski definition) is 4. The van der Waals surface area contributed by atoms with E-state index in [-0.39, 0.29) is 0 Å². The van der Waals surface area contributed by atoms with Crippen molar-refractivity contribution in [2.75, 3.05) is 0 Å². The molecule has 0 aliphatic heterocycles. The van der Waals surface area contributed by atoms with Crippen LogP contribution in [0.2, 0.25) is 0 Å². The second-order valence-corrected chi connectivity index (χ2v) is 2.39. The molecule has 5 nitrogen and oxygen atoms in total. The topological polar surface area (TPSA) is 75.6 Å². The summed E-state index contributed by atoms with van der Waals surface area (Å²) >= 11 is 0. The average Bonchev–Trinajstić information content (AvgIpc) is 2.11. The zero-order valence-corrected chi connectivity index (χ0v) is 6.95. The number of nitrogens with one attached hydrogen (secondary N) is 1. The van der Waals surface area contributed by atoms with Gasteiger partial charge in [0, 0.05) is 0 Å². The number of unbranched alkanes of at least 4 members (excludes halogenated alkanes) is 1. The first kappa shape index (κ1) is 10.9. The summed E-state index contributed by atoms with van der Waals surface area (Å²) in [5.74, 6) is -0.824. The fourth-order valence-corrected chi connectivity index (χ4v) is 0.823. The van der Waals surface area contributed by atoms with Crippen LogP contribution in [0, 0.1) is 0 Å². The van der Waals surface area contributed by atoms with Crippen LogP contribution < -0.4 is 5.32 Å². The van der Waals surface area contributed by atoms with E-state index in [2.05, 4.69) is 10.2 Å². The Hall–Kier alpha value is -1.10. The van der Waals surface area contributed by atoms with Crippen molar-refractivity contribution in [2.45, 2.75) is 32.2 Å². The van der Waals surface area contributed by atoms with Gasteiger partial charge in [0.15, 0.2) is 0 Å². The molecule has 5 heteroatoms. The van der Waals surface area contributed by atoms with Crippen molar-refractivity contribution in [3.8, 4) is 0 Å². The van der Waals surface area contributed by atoms with Crippen LogP contribution >= 0.6 is 0 Å². The Morgan fingerprint density at radius 1 is 1.75 bits per heavy atom. The highest BCUT2D eigenvalue weighted by atomic mass is 17.1. The molecule has 0 rings (SSSR count). The molecule has 0 aromatic rings. The minimum Gasteiger partial charge on any atom is -0.345 e. The molecule has 0 heterocycles. The average molecular weight is 175 g/mol. The van der Waals surface area contributed by atoms with E-state index in [0.717, 1.165) is 12.8 Å². The molecule has 12 heavy (non-hydrogen) atoms. The van der Waals surface area contributed by atoms with Crippen LogP contribution in [0.3, 0.4) is 0 Å². The quantitative estimate of drug-likeness (QED) is 0.346. The molecule has 0 aliphatic rings. The first-order chi connectivity index (χ1) is 5.76. The van der Waals surface area contributed by atoms with Gasteiger partial charge < -0.3 is 5.32 Å². The summed E-state index contributed by atoms with van der Waals surface area (Å²) in [6.45, 7) is 1.96. The summed E-state index contributed by atoms with van der Waals surface area (Å²) in [6.07, 6.45) is 2.60. The minimum atomic E-state index is -0.824. The van der Waals surface area contributed by atoms with Crippen molar-refractivity contribution in [3.05, 3.63) is 0 Å². The lowest BCUT2D eigenvalue weighted by molar-refractivity contribution is -0.236. The van der Waals surface area contributed by atoms with E-state index in [9.17, 15) is 9.59 Å². The van der Waals surface area contributed by atoms with Crippen LogP contribution in [-0.4, -0.2) is 23.7 Å². The Bertz CT molecular complexity index is 148. The molecule has 1 unspecified atom stereocenters. The molecule has 0 saturated carbocycles. The summed E-state index contributed by atoms with van der Waals surface area (Å²) in [5.41, 5.74) is 0. The second kappa shape index (κ2) is 6.60. The molecular weight excluding hydrogens is 162 g/mol. The predicted octanol–water partition coefficient (Wildman–Crippen LogP) is 0.307. The van der Waals surface area contributed by atoms with Crippen molar-refractivity contribution in [2.24, 2.45) is 0 Å². The minimum absolute atomic E-state index is 0.414. The molecular formula is C7H13NO4. The summed E-state index contributed by atoms with van der Waals surface area (Å²) in [5, 5.41) is 10.3.